The minimum Gasteiger partial charge on any atom is -0.480 e. The van der Waals surface area contributed by atoms with Gasteiger partial charge in [-0.05, 0) is 126 Å². The van der Waals surface area contributed by atoms with Crippen molar-refractivity contribution in [3.63, 3.8) is 0 Å². The number of hydrogen-bond acceptors (Lipinski definition) is 9. The lowest BCUT2D eigenvalue weighted by atomic mass is 9.95. The highest BCUT2D eigenvalue weighted by molar-refractivity contribution is 6.04. The van der Waals surface area contributed by atoms with E-state index in [9.17, 15) is 24.8 Å². The third kappa shape index (κ3) is 9.02. The van der Waals surface area contributed by atoms with Crippen LogP contribution in [0.3, 0.4) is 0 Å². The molecule has 2 unspecified atom stereocenters. The van der Waals surface area contributed by atoms with Gasteiger partial charge in [-0.2, -0.15) is 0 Å². The number of nitro groups is 1. The third-order valence-corrected chi connectivity index (χ3v) is 12.4. The van der Waals surface area contributed by atoms with Crippen LogP contribution in [0.25, 0.3) is 66.1 Å². The summed E-state index contributed by atoms with van der Waals surface area (Å²) in [5, 5.41) is 32.9. The van der Waals surface area contributed by atoms with Crippen molar-refractivity contribution in [1.29, 1.82) is 0 Å². The zero-order valence-electron chi connectivity index (χ0n) is 37.5. The molecule has 0 saturated heterocycles. The van der Waals surface area contributed by atoms with E-state index in [1.165, 1.54) is 33.8 Å². The summed E-state index contributed by atoms with van der Waals surface area (Å²) in [4.78, 5) is 45.6. The summed E-state index contributed by atoms with van der Waals surface area (Å²) >= 11 is 0. The number of carbonyl (C=O) groups is 2. The van der Waals surface area contributed by atoms with Gasteiger partial charge in [0.15, 0.2) is 0 Å². The SMILES string of the molecule is Cc1c(CC(N)C(=O)O)c2c(-c3ccncc3)ccc([N+](=O)[O-])c2n1C.Cc1c(CC(N)C(=O)O)c2c(-c3ccncc3)cccc2n1C.Cc1cc2c(-c3ccncc3)cccc2n1C. The summed E-state index contributed by atoms with van der Waals surface area (Å²) in [6, 6.07) is 27.6. The number of pyridine rings is 3. The molecule has 6 heterocycles. The Labute approximate surface area is 380 Å². The zero-order valence-corrected chi connectivity index (χ0v) is 37.5. The lowest BCUT2D eigenvalue weighted by molar-refractivity contribution is -0.383. The number of benzene rings is 3. The third-order valence-electron chi connectivity index (χ3n) is 12.4. The minimum atomic E-state index is -1.11. The van der Waals surface area contributed by atoms with Crippen molar-refractivity contribution in [1.82, 2.24) is 28.7 Å². The number of carboxylic acids is 2. The molecule has 6 aromatic heterocycles. The molecule has 3 aromatic carbocycles. The Bertz CT molecular complexity index is 3230. The lowest BCUT2D eigenvalue weighted by Crippen LogP contribution is -2.32. The van der Waals surface area contributed by atoms with Crippen molar-refractivity contribution in [3.05, 3.63) is 166 Å². The highest BCUT2D eigenvalue weighted by atomic mass is 16.6. The number of hydrogen-bond donors (Lipinski definition) is 4. The molecule has 0 bridgehead atoms. The molecule has 0 fully saturated rings. The van der Waals surface area contributed by atoms with E-state index < -0.39 is 28.9 Å². The van der Waals surface area contributed by atoms with E-state index in [1.807, 2.05) is 75.8 Å². The number of rotatable bonds is 10. The number of aromatic nitrogens is 6. The topological polar surface area (TPSA) is 223 Å². The van der Waals surface area contributed by atoms with Crippen LogP contribution < -0.4 is 11.5 Å². The monoisotopic (exact) mass is 885 g/mol. The number of nitro benzene ring substituents is 1. The highest BCUT2D eigenvalue weighted by Crippen LogP contribution is 2.40. The number of aliphatic carboxylic acids is 2. The molecular formula is C51H51N9O6. The number of nitrogens with two attached hydrogens (primary N) is 2. The van der Waals surface area contributed by atoms with Gasteiger partial charge >= 0.3 is 11.9 Å². The Kier molecular flexibility index (Phi) is 13.5. The minimum absolute atomic E-state index is 0.0291. The van der Waals surface area contributed by atoms with Crippen molar-refractivity contribution >= 4 is 50.3 Å². The van der Waals surface area contributed by atoms with Gasteiger partial charge in [0.25, 0.3) is 5.69 Å². The quantitative estimate of drug-likeness (QED) is 0.0753. The molecule has 9 aromatic rings. The number of fused-ring (bicyclic) bond motifs is 3. The fourth-order valence-electron chi connectivity index (χ4n) is 8.56. The van der Waals surface area contributed by atoms with Gasteiger partial charge in [-0.15, -0.1) is 0 Å². The second-order valence-electron chi connectivity index (χ2n) is 16.1. The van der Waals surface area contributed by atoms with E-state index in [4.69, 9.17) is 16.6 Å². The van der Waals surface area contributed by atoms with Crippen molar-refractivity contribution in [2.75, 3.05) is 0 Å². The molecule has 2 atom stereocenters. The number of non-ortho nitro benzene ring substituents is 1. The van der Waals surface area contributed by atoms with E-state index in [1.54, 1.807) is 42.5 Å². The summed E-state index contributed by atoms with van der Waals surface area (Å²) in [6.45, 7) is 5.94. The van der Waals surface area contributed by atoms with E-state index in [2.05, 4.69) is 74.5 Å². The Hall–Kier alpha value is -8.01. The maximum Gasteiger partial charge on any atom is 0.320 e. The van der Waals surface area contributed by atoms with Gasteiger partial charge in [0.05, 0.1) is 4.92 Å². The van der Waals surface area contributed by atoms with E-state index in [-0.39, 0.29) is 12.1 Å². The van der Waals surface area contributed by atoms with Gasteiger partial charge in [-0.3, -0.25) is 34.7 Å². The molecule has 6 N–H and O–H groups in total. The predicted octanol–water partition coefficient (Wildman–Crippen LogP) is 8.46. The fourth-order valence-corrected chi connectivity index (χ4v) is 8.56. The standard InChI is InChI=1S/C18H18N4O4.C18H19N3O2.C15H14N2/c1-10-13(9-14(19)18(23)24)16-12(11-5-7-20-8-6-11)3-4-15(22(25)26)17(16)21(10)2;1-11-14(10-15(19)18(22)23)17-13(12-6-8-20-9-7-12)4-3-5-16(17)21(11)2;1-11-10-14-13(12-6-8-16-9-7-12)4-3-5-15(14)17(11)2/h3-8,14H,9,19H2,1-2H3,(H,23,24);3-9,15H,10,19H2,1-2H3,(H,22,23);3-10H,1-2H3. The second-order valence-corrected chi connectivity index (χ2v) is 16.1. The Morgan fingerprint density at radius 2 is 1.05 bits per heavy atom. The summed E-state index contributed by atoms with van der Waals surface area (Å²) in [5.41, 5.74) is 25.3. The van der Waals surface area contributed by atoms with E-state index in [0.29, 0.717) is 22.9 Å². The first kappa shape index (κ1) is 46.0. The molecule has 15 heteroatoms. The van der Waals surface area contributed by atoms with Crippen molar-refractivity contribution in [2.45, 2.75) is 45.7 Å². The van der Waals surface area contributed by atoms with Crippen LogP contribution in [0.5, 0.6) is 0 Å². The van der Waals surface area contributed by atoms with Gasteiger partial charge in [-0.25, -0.2) is 0 Å². The van der Waals surface area contributed by atoms with Crippen LogP contribution in [0.15, 0.2) is 128 Å². The molecule has 66 heavy (non-hydrogen) atoms. The molecule has 0 radical (unpaired) electrons. The van der Waals surface area contributed by atoms with Gasteiger partial charge < -0.3 is 35.4 Å². The summed E-state index contributed by atoms with van der Waals surface area (Å²) in [7, 11) is 5.83. The van der Waals surface area contributed by atoms with Crippen LogP contribution in [-0.2, 0) is 43.6 Å². The number of carboxylic acid groups (broad SMARTS) is 2. The maximum absolute atomic E-state index is 11.5. The molecule has 0 spiro atoms. The van der Waals surface area contributed by atoms with Gasteiger partial charge in [0.1, 0.15) is 17.6 Å². The normalized spacial score (nSPS) is 12.0. The molecule has 15 nitrogen and oxygen atoms in total. The summed E-state index contributed by atoms with van der Waals surface area (Å²) in [5.74, 6) is -2.10. The van der Waals surface area contributed by atoms with Crippen molar-refractivity contribution in [3.8, 4) is 33.4 Å². The zero-order chi connectivity index (χ0) is 47.4. The van der Waals surface area contributed by atoms with Gasteiger partial charge in [-0.1, -0.05) is 24.3 Å². The highest BCUT2D eigenvalue weighted by Gasteiger charge is 2.27. The summed E-state index contributed by atoms with van der Waals surface area (Å²) < 4.78 is 6.03. The van der Waals surface area contributed by atoms with E-state index in [0.717, 1.165) is 50.1 Å². The Morgan fingerprint density at radius 1 is 0.606 bits per heavy atom. The predicted molar refractivity (Wildman–Crippen MR) is 258 cm³/mol. The van der Waals surface area contributed by atoms with Crippen LogP contribution >= 0.6 is 0 Å². The molecular weight excluding hydrogens is 835 g/mol. The van der Waals surface area contributed by atoms with Crippen molar-refractivity contribution in [2.24, 2.45) is 32.6 Å². The van der Waals surface area contributed by atoms with E-state index >= 15 is 0 Å². The van der Waals surface area contributed by atoms with Gasteiger partial charge in [0, 0.05) is 122 Å². The summed E-state index contributed by atoms with van der Waals surface area (Å²) in [6.07, 6.45) is 10.9. The molecule has 9 rings (SSSR count). The Balaban J connectivity index is 0.000000150. The van der Waals surface area contributed by atoms with Crippen LogP contribution in [0.1, 0.15) is 28.2 Å². The largest absolute Gasteiger partial charge is 0.480 e. The molecule has 0 saturated carbocycles. The smallest absolute Gasteiger partial charge is 0.320 e. The molecule has 0 aliphatic rings. The van der Waals surface area contributed by atoms with Crippen LogP contribution in [0.2, 0.25) is 0 Å². The maximum atomic E-state index is 11.5. The average Bonchev–Trinajstić information content (AvgIpc) is 3.86. The molecule has 0 amide bonds. The average molecular weight is 886 g/mol. The first-order valence-electron chi connectivity index (χ1n) is 21.2. The van der Waals surface area contributed by atoms with Crippen LogP contribution in [-0.4, -0.2) is 67.8 Å². The van der Waals surface area contributed by atoms with Crippen LogP contribution in [0.4, 0.5) is 5.69 Å². The number of nitrogens with zero attached hydrogens (tertiary/aromatic N) is 7. The first-order valence-corrected chi connectivity index (χ1v) is 21.2. The molecule has 0 aliphatic carbocycles. The fraction of sp³-hybridized carbons (Fsp3) is 0.196. The lowest BCUT2D eigenvalue weighted by Gasteiger charge is -2.10. The Morgan fingerprint density at radius 3 is 1.55 bits per heavy atom. The molecule has 336 valence electrons. The van der Waals surface area contributed by atoms with Gasteiger partial charge in [0.2, 0.25) is 0 Å². The number of aryl methyl sites for hydroxylation is 4. The molecule has 0 aliphatic heterocycles. The van der Waals surface area contributed by atoms with Crippen molar-refractivity contribution < 1.29 is 24.7 Å². The second kappa shape index (κ2) is 19.4. The first-order chi connectivity index (χ1) is 31.6. The van der Waals surface area contributed by atoms with Crippen LogP contribution in [0, 0.1) is 30.9 Å².